The summed E-state index contributed by atoms with van der Waals surface area (Å²) in [4.78, 5) is 40.5. The van der Waals surface area contributed by atoms with Gasteiger partial charge in [0.15, 0.2) is 0 Å². The lowest BCUT2D eigenvalue weighted by atomic mass is 9.92. The van der Waals surface area contributed by atoms with Crippen LogP contribution in [0.2, 0.25) is 0 Å². The summed E-state index contributed by atoms with van der Waals surface area (Å²) in [6.07, 6.45) is 6.37. The second-order valence-electron chi connectivity index (χ2n) is 9.45. The predicted molar refractivity (Wildman–Crippen MR) is 120 cm³/mol. The number of nitrogens with zero attached hydrogens (tertiary/aromatic N) is 5. The van der Waals surface area contributed by atoms with Gasteiger partial charge in [-0.15, -0.1) is 0 Å². The first-order valence-corrected chi connectivity index (χ1v) is 11.8. The highest BCUT2D eigenvalue weighted by molar-refractivity contribution is 5.79. The van der Waals surface area contributed by atoms with Gasteiger partial charge in [-0.3, -0.25) is 9.59 Å². The molecule has 31 heavy (non-hydrogen) atoms. The smallest absolute Gasteiger partial charge is 0.226 e. The van der Waals surface area contributed by atoms with Crippen molar-refractivity contribution in [3.63, 3.8) is 0 Å². The van der Waals surface area contributed by atoms with Gasteiger partial charge in [-0.05, 0) is 52.0 Å². The van der Waals surface area contributed by atoms with E-state index in [9.17, 15) is 9.59 Å². The lowest BCUT2D eigenvalue weighted by Crippen LogP contribution is -2.47. The van der Waals surface area contributed by atoms with Crippen molar-refractivity contribution < 1.29 is 9.59 Å². The van der Waals surface area contributed by atoms with E-state index in [1.54, 1.807) is 0 Å². The molecule has 0 aliphatic carbocycles. The number of carbonyl (C=O) groups is 2. The Morgan fingerprint density at radius 1 is 1.06 bits per heavy atom. The minimum absolute atomic E-state index is 0.0362. The number of aromatic nitrogens is 2. The summed E-state index contributed by atoms with van der Waals surface area (Å²) >= 11 is 0. The van der Waals surface area contributed by atoms with Crippen LogP contribution in [0.5, 0.6) is 0 Å². The average molecular weight is 429 g/mol. The summed E-state index contributed by atoms with van der Waals surface area (Å²) in [5.74, 6) is 2.40. The summed E-state index contributed by atoms with van der Waals surface area (Å²) < 4.78 is 0. The number of amides is 2. The monoisotopic (exact) mass is 428 g/mol. The number of primary amides is 1. The molecular weight excluding hydrogens is 392 g/mol. The molecule has 8 heteroatoms. The fraction of sp³-hybridized carbons (Fsp3) is 0.739. The zero-order chi connectivity index (χ0) is 22.0. The molecular formula is C23H36N6O2. The third-order valence-electron chi connectivity index (χ3n) is 7.19. The highest BCUT2D eigenvalue weighted by Crippen LogP contribution is 2.32. The molecule has 2 N–H and O–H groups in total. The van der Waals surface area contributed by atoms with E-state index in [1.165, 1.54) is 5.56 Å². The molecule has 0 bridgehead atoms. The van der Waals surface area contributed by atoms with Crippen LogP contribution in [-0.2, 0) is 16.0 Å². The van der Waals surface area contributed by atoms with Crippen molar-refractivity contribution in [3.8, 4) is 0 Å². The summed E-state index contributed by atoms with van der Waals surface area (Å²) in [7, 11) is 2.12. The fourth-order valence-electron chi connectivity index (χ4n) is 5.34. The van der Waals surface area contributed by atoms with E-state index in [-0.39, 0.29) is 17.7 Å². The van der Waals surface area contributed by atoms with Crippen molar-refractivity contribution in [1.82, 2.24) is 19.8 Å². The Kier molecular flexibility index (Phi) is 6.74. The summed E-state index contributed by atoms with van der Waals surface area (Å²) in [6.45, 7) is 7.05. The largest absolute Gasteiger partial charge is 0.370 e. The average Bonchev–Trinajstić information content (AvgIpc) is 2.78. The molecule has 2 fully saturated rings. The maximum Gasteiger partial charge on any atom is 0.226 e. The van der Waals surface area contributed by atoms with Crippen LogP contribution in [0.3, 0.4) is 0 Å². The molecule has 0 radical (unpaired) electrons. The van der Waals surface area contributed by atoms with Crippen molar-refractivity contribution >= 4 is 17.6 Å². The third-order valence-corrected chi connectivity index (χ3v) is 7.19. The van der Waals surface area contributed by atoms with Gasteiger partial charge < -0.3 is 20.4 Å². The van der Waals surface area contributed by atoms with Gasteiger partial charge in [0.05, 0.1) is 5.92 Å². The Hall–Kier alpha value is -2.22. The maximum absolute atomic E-state index is 13.1. The summed E-state index contributed by atoms with van der Waals surface area (Å²) in [5, 5.41) is 0. The Labute approximate surface area is 185 Å². The predicted octanol–water partition coefficient (Wildman–Crippen LogP) is 1.46. The highest BCUT2D eigenvalue weighted by atomic mass is 16.2. The molecule has 2 saturated heterocycles. The van der Waals surface area contributed by atoms with Crippen LogP contribution < -0.4 is 10.6 Å². The number of likely N-dealkylation sites (tertiary alicyclic amines) is 2. The number of carbonyl (C=O) groups excluding carboxylic acids is 2. The summed E-state index contributed by atoms with van der Waals surface area (Å²) in [6, 6.07) is 0. The number of piperidine rings is 2. The molecule has 3 aliphatic rings. The Bertz CT molecular complexity index is 821. The Balaban J connectivity index is 1.34. The lowest BCUT2D eigenvalue weighted by molar-refractivity contribution is -0.138. The van der Waals surface area contributed by atoms with Crippen LogP contribution in [-0.4, -0.2) is 77.9 Å². The normalized spacial score (nSPS) is 23.0. The first-order valence-electron chi connectivity index (χ1n) is 11.8. The van der Waals surface area contributed by atoms with Gasteiger partial charge in [-0.1, -0.05) is 0 Å². The minimum Gasteiger partial charge on any atom is -0.370 e. The van der Waals surface area contributed by atoms with Gasteiger partial charge in [0.25, 0.3) is 0 Å². The van der Waals surface area contributed by atoms with Crippen LogP contribution in [0.4, 0.5) is 5.82 Å². The summed E-state index contributed by atoms with van der Waals surface area (Å²) in [5.41, 5.74) is 7.69. The molecule has 2 amide bonds. The molecule has 170 valence electrons. The van der Waals surface area contributed by atoms with Gasteiger partial charge in [0.1, 0.15) is 11.6 Å². The van der Waals surface area contributed by atoms with Crippen molar-refractivity contribution in [3.05, 3.63) is 17.1 Å². The number of anilines is 1. The van der Waals surface area contributed by atoms with Gasteiger partial charge >= 0.3 is 0 Å². The molecule has 3 aliphatic heterocycles. The molecule has 1 atom stereocenters. The van der Waals surface area contributed by atoms with Gasteiger partial charge in [-0.25, -0.2) is 9.97 Å². The molecule has 0 saturated carbocycles. The topological polar surface area (TPSA) is 95.7 Å². The maximum atomic E-state index is 13.1. The molecule has 4 rings (SSSR count). The second-order valence-corrected chi connectivity index (χ2v) is 9.45. The first kappa shape index (κ1) is 22.0. The fourth-order valence-corrected chi connectivity index (χ4v) is 5.34. The van der Waals surface area contributed by atoms with Crippen molar-refractivity contribution in [2.75, 3.05) is 51.2 Å². The number of fused-ring (bicyclic) bond motifs is 1. The molecule has 0 spiro atoms. The standard InChI is InChI=1S/C23H36N6O2/c1-16-19-6-4-10-27(2)22(19)26-21(25-16)17-7-13-29(14-8-17)23(31)18-5-3-11-28(15-18)12-9-20(24)30/h17-18H,3-15H2,1-2H3,(H2,24,30)/t18-/m1/s1. The Morgan fingerprint density at radius 2 is 1.84 bits per heavy atom. The van der Waals surface area contributed by atoms with Crippen LogP contribution in [0.25, 0.3) is 0 Å². The molecule has 1 aromatic heterocycles. The van der Waals surface area contributed by atoms with Crippen LogP contribution in [0, 0.1) is 12.8 Å². The zero-order valence-corrected chi connectivity index (χ0v) is 19.0. The number of nitrogens with two attached hydrogens (primary N) is 1. The van der Waals surface area contributed by atoms with Crippen molar-refractivity contribution in [2.45, 2.75) is 57.8 Å². The van der Waals surface area contributed by atoms with E-state index in [0.717, 1.165) is 88.6 Å². The molecule has 0 aromatic carbocycles. The van der Waals surface area contributed by atoms with Gasteiger partial charge in [-0.2, -0.15) is 0 Å². The number of hydrogen-bond donors (Lipinski definition) is 1. The van der Waals surface area contributed by atoms with Crippen LogP contribution in [0.15, 0.2) is 0 Å². The van der Waals surface area contributed by atoms with E-state index in [1.807, 2.05) is 4.90 Å². The van der Waals surface area contributed by atoms with E-state index < -0.39 is 0 Å². The highest BCUT2D eigenvalue weighted by Gasteiger charge is 2.33. The van der Waals surface area contributed by atoms with E-state index in [4.69, 9.17) is 15.7 Å². The van der Waals surface area contributed by atoms with Crippen LogP contribution >= 0.6 is 0 Å². The van der Waals surface area contributed by atoms with E-state index >= 15 is 0 Å². The van der Waals surface area contributed by atoms with Gasteiger partial charge in [0, 0.05) is 63.4 Å². The van der Waals surface area contributed by atoms with Crippen LogP contribution in [0.1, 0.15) is 61.5 Å². The van der Waals surface area contributed by atoms with Crippen molar-refractivity contribution in [1.29, 1.82) is 0 Å². The quantitative estimate of drug-likeness (QED) is 0.763. The molecule has 4 heterocycles. The molecule has 1 aromatic rings. The van der Waals surface area contributed by atoms with Crippen molar-refractivity contribution in [2.24, 2.45) is 11.7 Å². The Morgan fingerprint density at radius 3 is 2.58 bits per heavy atom. The van der Waals surface area contributed by atoms with Gasteiger partial charge in [0.2, 0.25) is 11.8 Å². The third kappa shape index (κ3) is 5.00. The number of hydrogen-bond acceptors (Lipinski definition) is 6. The number of rotatable bonds is 5. The first-order chi connectivity index (χ1) is 14.9. The zero-order valence-electron chi connectivity index (χ0n) is 19.0. The second kappa shape index (κ2) is 9.51. The molecule has 0 unspecified atom stereocenters. The SMILES string of the molecule is Cc1nc(C2CCN(C(=O)[C@@H]3CCCN(CCC(N)=O)C3)CC2)nc2c1CCCN2C. The molecule has 8 nitrogen and oxygen atoms in total. The number of aryl methyl sites for hydroxylation is 1. The van der Waals surface area contributed by atoms with E-state index in [0.29, 0.717) is 18.9 Å². The lowest BCUT2D eigenvalue weighted by Gasteiger charge is -2.37. The minimum atomic E-state index is -0.277. The van der Waals surface area contributed by atoms with E-state index in [2.05, 4.69) is 23.8 Å².